The minimum absolute atomic E-state index is 0.741. The van der Waals surface area contributed by atoms with Gasteiger partial charge < -0.3 is 30.4 Å². The highest BCUT2D eigenvalue weighted by Crippen LogP contribution is 2.30. The van der Waals surface area contributed by atoms with Gasteiger partial charge in [0, 0.05) is 0 Å². The lowest BCUT2D eigenvalue weighted by molar-refractivity contribution is 0.414. The zero-order chi connectivity index (χ0) is 31.3. The van der Waals surface area contributed by atoms with Crippen LogP contribution in [0.15, 0.2) is 108 Å². The van der Waals surface area contributed by atoms with E-state index in [1.807, 2.05) is 97.1 Å². The maximum absolute atomic E-state index is 6.70. The van der Waals surface area contributed by atoms with Crippen LogP contribution >= 0.6 is 0 Å². The van der Waals surface area contributed by atoms with Crippen molar-refractivity contribution in [3.8, 4) is 23.0 Å². The van der Waals surface area contributed by atoms with Gasteiger partial charge in [-0.15, -0.1) is 0 Å². The van der Waals surface area contributed by atoms with Gasteiger partial charge in [0.1, 0.15) is 23.0 Å². The van der Waals surface area contributed by atoms with Gasteiger partial charge in [-0.3, -0.25) is 0 Å². The summed E-state index contributed by atoms with van der Waals surface area (Å²) in [7, 11) is 10.9. The predicted octanol–water partition coefficient (Wildman–Crippen LogP) is 6.80. The summed E-state index contributed by atoms with van der Waals surface area (Å²) < 4.78 is 21.4. The Hall–Kier alpha value is -4.71. The van der Waals surface area contributed by atoms with E-state index in [-0.39, 0.29) is 0 Å². The van der Waals surface area contributed by atoms with Crippen molar-refractivity contribution in [1.29, 1.82) is 0 Å². The Kier molecular flexibility index (Phi) is 11.9. The first-order valence-electron chi connectivity index (χ1n) is 14.7. The van der Waals surface area contributed by atoms with E-state index >= 15 is 0 Å². The predicted molar refractivity (Wildman–Crippen MR) is 183 cm³/mol. The zero-order valence-electron chi connectivity index (χ0n) is 26.0. The average molecular weight is 586 g/mol. The molecule has 0 unspecified atom stereocenters. The first-order chi connectivity index (χ1) is 21.5. The Bertz CT molecular complexity index is 1320. The molecule has 4 N–H and O–H groups in total. The number of hydrogen-bond donors (Lipinski definition) is 2. The number of methoxy groups -OCH3 is 4. The van der Waals surface area contributed by atoms with Crippen LogP contribution < -0.4 is 30.4 Å². The Morgan fingerprint density at radius 3 is 0.864 bits per heavy atom. The van der Waals surface area contributed by atoms with Crippen molar-refractivity contribution in [1.82, 2.24) is 0 Å². The van der Waals surface area contributed by atoms with E-state index in [2.05, 4.69) is 14.6 Å². The molecule has 0 saturated carbocycles. The summed E-state index contributed by atoms with van der Waals surface area (Å²) in [5.41, 5.74) is 21.0. The molecule has 0 atom stereocenters. The molecule has 2 radical (unpaired) electrons. The molecule has 44 heavy (non-hydrogen) atoms. The molecule has 4 rings (SSSR count). The fraction of sp³-hybridized carbons (Fsp3) is 0.222. The summed E-state index contributed by atoms with van der Waals surface area (Å²) in [6.07, 6.45) is 3.65. The van der Waals surface area contributed by atoms with Gasteiger partial charge >= 0.3 is 0 Å². The van der Waals surface area contributed by atoms with E-state index in [1.165, 1.54) is 0 Å². The third-order valence-electron chi connectivity index (χ3n) is 7.48. The van der Waals surface area contributed by atoms with E-state index < -0.39 is 0 Å². The lowest BCUT2D eigenvalue weighted by atomic mass is 9.63. The molecule has 0 aliphatic carbocycles. The topological polar surface area (TPSA) is 89.0 Å². The number of hydrogen-bond acceptors (Lipinski definition) is 6. The average Bonchev–Trinajstić information content (AvgIpc) is 3.07. The van der Waals surface area contributed by atoms with Gasteiger partial charge in [0.2, 0.25) is 0 Å². The molecule has 8 heteroatoms. The molecule has 0 fully saturated rings. The Morgan fingerprint density at radius 1 is 0.432 bits per heavy atom. The molecule has 0 saturated heterocycles. The molecule has 4 aromatic carbocycles. The molecule has 0 heterocycles. The van der Waals surface area contributed by atoms with Crippen LogP contribution in [-0.4, -0.2) is 43.0 Å². The van der Waals surface area contributed by atoms with Gasteiger partial charge in [0.05, 0.1) is 28.4 Å². The number of ether oxygens (including phenoxy) is 4. The van der Waals surface area contributed by atoms with Gasteiger partial charge in [0.25, 0.3) is 0 Å². The molecule has 0 aliphatic rings. The van der Waals surface area contributed by atoms with Gasteiger partial charge in [-0.2, -0.15) is 0 Å². The minimum Gasteiger partial charge on any atom is -0.497 e. The fourth-order valence-corrected chi connectivity index (χ4v) is 5.04. The monoisotopic (exact) mass is 586 g/mol. The van der Waals surface area contributed by atoms with Crippen molar-refractivity contribution in [2.75, 3.05) is 28.4 Å². The fourth-order valence-electron chi connectivity index (χ4n) is 5.04. The highest BCUT2D eigenvalue weighted by Gasteiger charge is 2.13. The van der Waals surface area contributed by atoms with Crippen LogP contribution in [0.25, 0.3) is 11.1 Å². The second-order valence-corrected chi connectivity index (χ2v) is 10.3. The quantitative estimate of drug-likeness (QED) is 0.118. The van der Waals surface area contributed by atoms with Gasteiger partial charge in [0.15, 0.2) is 14.6 Å². The standard InChI is InChI=1S/C36H40B2N2O4/c1-41-29-15-7-25(8-16-29)33(26-9-17-30(42-2)18-10-26)35(39)37-23-5-6-24-38-36(40)34(27-11-19-31(43-3)20-12-27)28-13-21-32(44-4)22-14-28/h7-22H,5-6,23-24,39-40H2,1-4H3. The van der Waals surface area contributed by atoms with Crippen LogP contribution in [0.1, 0.15) is 35.1 Å². The Morgan fingerprint density at radius 2 is 0.659 bits per heavy atom. The normalized spacial score (nSPS) is 10.4. The van der Waals surface area contributed by atoms with E-state index in [9.17, 15) is 0 Å². The van der Waals surface area contributed by atoms with E-state index in [0.29, 0.717) is 0 Å². The first kappa shape index (κ1) is 32.2. The molecule has 224 valence electrons. The van der Waals surface area contributed by atoms with Gasteiger partial charge in [-0.25, -0.2) is 0 Å². The van der Waals surface area contributed by atoms with Crippen molar-refractivity contribution < 1.29 is 18.9 Å². The third kappa shape index (κ3) is 8.44. The van der Waals surface area contributed by atoms with Crippen LogP contribution in [0, 0.1) is 0 Å². The van der Waals surface area contributed by atoms with E-state index in [0.717, 1.165) is 93.1 Å². The molecule has 0 amide bonds. The van der Waals surface area contributed by atoms with E-state index in [1.54, 1.807) is 28.4 Å². The van der Waals surface area contributed by atoms with Gasteiger partial charge in [-0.05, 0) is 93.1 Å². The summed E-state index contributed by atoms with van der Waals surface area (Å²) in [5.74, 6) is 3.21. The highest BCUT2D eigenvalue weighted by atomic mass is 16.5. The lowest BCUT2D eigenvalue weighted by Gasteiger charge is -2.15. The number of nitrogens with two attached hydrogens (primary N) is 2. The number of rotatable bonds is 15. The number of benzene rings is 4. The second kappa shape index (κ2) is 16.2. The Balaban J connectivity index is 1.43. The summed E-state index contributed by atoms with van der Waals surface area (Å²) in [5, 5.41) is 0. The summed E-state index contributed by atoms with van der Waals surface area (Å²) in [6, 6.07) is 31.9. The maximum atomic E-state index is 6.70. The molecule has 6 nitrogen and oxygen atoms in total. The van der Waals surface area contributed by atoms with Crippen molar-refractivity contribution in [3.63, 3.8) is 0 Å². The largest absolute Gasteiger partial charge is 0.497 e. The summed E-state index contributed by atoms with van der Waals surface area (Å²) >= 11 is 0. The second-order valence-electron chi connectivity index (χ2n) is 10.3. The summed E-state index contributed by atoms with van der Waals surface area (Å²) in [6.45, 7) is 0. The third-order valence-corrected chi connectivity index (χ3v) is 7.48. The SMILES string of the molecule is COc1ccc(C(=C(N)[B]CCCC[B]C(N)=C(c2ccc(OC)cc2)c2ccc(OC)cc2)c2ccc(OC)cc2)cc1. The molecule has 0 bridgehead atoms. The van der Waals surface area contributed by atoms with Crippen LogP contribution in [0.2, 0.25) is 12.6 Å². The smallest absolute Gasteiger partial charge is 0.174 e. The molecule has 0 aromatic heterocycles. The van der Waals surface area contributed by atoms with E-state index in [4.69, 9.17) is 30.4 Å². The van der Waals surface area contributed by atoms with Crippen molar-refractivity contribution in [2.45, 2.75) is 25.5 Å². The molecule has 0 spiro atoms. The van der Waals surface area contributed by atoms with Crippen molar-refractivity contribution in [2.24, 2.45) is 11.5 Å². The maximum Gasteiger partial charge on any atom is 0.174 e. The zero-order valence-corrected chi connectivity index (χ0v) is 26.0. The van der Waals surface area contributed by atoms with Gasteiger partial charge in [-0.1, -0.05) is 74.0 Å². The van der Waals surface area contributed by atoms with Crippen LogP contribution in [0.4, 0.5) is 0 Å². The first-order valence-corrected chi connectivity index (χ1v) is 14.7. The lowest BCUT2D eigenvalue weighted by Crippen LogP contribution is -2.12. The van der Waals surface area contributed by atoms with Crippen LogP contribution in [0.5, 0.6) is 23.0 Å². The van der Waals surface area contributed by atoms with Crippen LogP contribution in [-0.2, 0) is 0 Å². The van der Waals surface area contributed by atoms with Crippen molar-refractivity contribution in [3.05, 3.63) is 131 Å². The molecular weight excluding hydrogens is 546 g/mol. The molecular formula is C36H40B2N2O4. The molecule has 4 aromatic rings. The highest BCUT2D eigenvalue weighted by molar-refractivity contribution is 6.48. The van der Waals surface area contributed by atoms with Crippen LogP contribution in [0.3, 0.4) is 0 Å². The van der Waals surface area contributed by atoms with Crippen molar-refractivity contribution >= 4 is 25.7 Å². The Labute approximate surface area is 263 Å². The minimum atomic E-state index is 0.741. The molecule has 0 aliphatic heterocycles. The summed E-state index contributed by atoms with van der Waals surface area (Å²) in [4.78, 5) is 0. The number of unbranched alkanes of at least 4 members (excludes halogenated alkanes) is 1.